The molecule has 0 radical (unpaired) electrons. The second kappa shape index (κ2) is 7.39. The van der Waals surface area contributed by atoms with Crippen LogP contribution in [0.1, 0.15) is 34.6 Å². The zero-order chi connectivity index (χ0) is 20.8. The maximum absolute atomic E-state index is 13.4. The number of hydrogen-bond acceptors (Lipinski definition) is 3. The fraction of sp³-hybridized carbons (Fsp3) is 0.333. The van der Waals surface area contributed by atoms with Crippen LogP contribution in [0.2, 0.25) is 5.02 Å². The van der Waals surface area contributed by atoms with Gasteiger partial charge in [-0.3, -0.25) is 4.90 Å². The number of nitrogens with zero attached hydrogens (tertiary/aromatic N) is 2. The summed E-state index contributed by atoms with van der Waals surface area (Å²) in [4.78, 5) is 21.3. The van der Waals surface area contributed by atoms with Gasteiger partial charge in [-0.15, -0.1) is 0 Å². The van der Waals surface area contributed by atoms with Crippen LogP contribution in [-0.2, 0) is 6.54 Å². The largest absolute Gasteiger partial charge is 0.478 e. The number of carbonyl (C=O) groups is 1. The number of hydrogen-bond donors (Lipinski definition) is 2. The highest BCUT2D eigenvalue weighted by Gasteiger charge is 2.34. The molecule has 4 rings (SSSR count). The second-order valence-corrected chi connectivity index (χ2v) is 7.93. The van der Waals surface area contributed by atoms with Crippen LogP contribution in [0.3, 0.4) is 0 Å². The molecule has 0 spiro atoms. The first kappa shape index (κ1) is 19.8. The Labute approximate surface area is 171 Å². The van der Waals surface area contributed by atoms with Crippen molar-refractivity contribution in [2.75, 3.05) is 13.1 Å². The van der Waals surface area contributed by atoms with E-state index in [1.165, 1.54) is 0 Å². The summed E-state index contributed by atoms with van der Waals surface area (Å²) in [7, 11) is 0. The van der Waals surface area contributed by atoms with Gasteiger partial charge in [0.1, 0.15) is 11.3 Å². The molecular weight excluding hydrogens is 400 g/mol. The summed E-state index contributed by atoms with van der Waals surface area (Å²) in [5.74, 6) is -3.14. The van der Waals surface area contributed by atoms with Crippen LogP contribution in [-0.4, -0.2) is 45.0 Å². The molecule has 2 N–H and O–H groups in total. The summed E-state index contributed by atoms with van der Waals surface area (Å²) in [5, 5.41) is 10.2. The molecule has 1 saturated heterocycles. The van der Waals surface area contributed by atoms with E-state index in [0.29, 0.717) is 34.0 Å². The van der Waals surface area contributed by atoms with Crippen molar-refractivity contribution in [1.82, 2.24) is 14.9 Å². The molecule has 152 valence electrons. The predicted octanol–water partition coefficient (Wildman–Crippen LogP) is 5.12. The van der Waals surface area contributed by atoms with Crippen LogP contribution in [0.15, 0.2) is 30.3 Å². The number of benzene rings is 2. The Bertz CT molecular complexity index is 1090. The second-order valence-electron chi connectivity index (χ2n) is 7.52. The molecule has 0 bridgehead atoms. The summed E-state index contributed by atoms with van der Waals surface area (Å²) in [6.45, 7) is 2.85. The first-order chi connectivity index (χ1) is 13.7. The minimum absolute atomic E-state index is 0.0711. The van der Waals surface area contributed by atoms with Crippen molar-refractivity contribution in [2.45, 2.75) is 32.2 Å². The van der Waals surface area contributed by atoms with Crippen molar-refractivity contribution < 1.29 is 18.7 Å². The number of carboxylic acids is 1. The number of fused-ring (bicyclic) bond motifs is 1. The van der Waals surface area contributed by atoms with Crippen molar-refractivity contribution in [3.8, 4) is 11.1 Å². The lowest BCUT2D eigenvalue weighted by Gasteiger charge is -2.30. The summed E-state index contributed by atoms with van der Waals surface area (Å²) in [5.41, 5.74) is 3.41. The molecule has 8 heteroatoms. The lowest BCUT2D eigenvalue weighted by atomic mass is 10.0. The molecule has 5 nitrogen and oxygen atoms in total. The van der Waals surface area contributed by atoms with Crippen molar-refractivity contribution >= 4 is 28.6 Å². The fourth-order valence-electron chi connectivity index (χ4n) is 3.67. The highest BCUT2D eigenvalue weighted by atomic mass is 35.5. The first-order valence-corrected chi connectivity index (χ1v) is 9.72. The van der Waals surface area contributed by atoms with Gasteiger partial charge in [0.2, 0.25) is 0 Å². The number of halogens is 3. The van der Waals surface area contributed by atoms with E-state index >= 15 is 0 Å². The summed E-state index contributed by atoms with van der Waals surface area (Å²) < 4.78 is 26.7. The number of piperidine rings is 1. The third-order valence-electron chi connectivity index (χ3n) is 5.26. The molecule has 0 saturated carbocycles. The van der Waals surface area contributed by atoms with E-state index < -0.39 is 11.9 Å². The summed E-state index contributed by atoms with van der Waals surface area (Å²) in [6.07, 6.45) is -0.354. The van der Waals surface area contributed by atoms with Crippen molar-refractivity contribution in [2.24, 2.45) is 0 Å². The topological polar surface area (TPSA) is 69.2 Å². The van der Waals surface area contributed by atoms with Crippen LogP contribution >= 0.6 is 11.6 Å². The molecule has 3 aromatic rings. The van der Waals surface area contributed by atoms with Gasteiger partial charge in [-0.1, -0.05) is 23.7 Å². The SMILES string of the molecule is Cc1ccc(-c2cc(C(=O)O)c3nc(CN4CCC(F)(F)CC4)[nH]c3c2)c(Cl)c1. The van der Waals surface area contributed by atoms with Crippen molar-refractivity contribution in [3.63, 3.8) is 0 Å². The Kier molecular flexibility index (Phi) is 5.04. The Morgan fingerprint density at radius 1 is 1.28 bits per heavy atom. The van der Waals surface area contributed by atoms with Gasteiger partial charge in [0.05, 0.1) is 17.6 Å². The van der Waals surface area contributed by atoms with Gasteiger partial charge in [-0.2, -0.15) is 0 Å². The van der Waals surface area contributed by atoms with Gasteiger partial charge in [0.25, 0.3) is 5.92 Å². The van der Waals surface area contributed by atoms with E-state index in [1.54, 1.807) is 6.07 Å². The molecule has 1 aliphatic rings. The van der Waals surface area contributed by atoms with Gasteiger partial charge in [-0.25, -0.2) is 18.6 Å². The number of aromatic carboxylic acids is 1. The Morgan fingerprint density at radius 3 is 2.66 bits per heavy atom. The van der Waals surface area contributed by atoms with E-state index in [0.717, 1.165) is 11.1 Å². The normalized spacial score (nSPS) is 17.0. The number of rotatable bonds is 4. The molecule has 0 aliphatic carbocycles. The number of alkyl halides is 2. The third-order valence-corrected chi connectivity index (χ3v) is 5.58. The smallest absolute Gasteiger partial charge is 0.337 e. The highest BCUT2D eigenvalue weighted by molar-refractivity contribution is 6.33. The monoisotopic (exact) mass is 419 g/mol. The van der Waals surface area contributed by atoms with Gasteiger partial charge in [-0.05, 0) is 36.2 Å². The van der Waals surface area contributed by atoms with E-state index in [2.05, 4.69) is 9.97 Å². The molecule has 0 amide bonds. The van der Waals surface area contributed by atoms with E-state index in [1.807, 2.05) is 36.1 Å². The maximum atomic E-state index is 13.4. The average Bonchev–Trinajstić information content (AvgIpc) is 3.04. The number of imidazole rings is 1. The number of aromatic nitrogens is 2. The zero-order valence-corrected chi connectivity index (χ0v) is 16.6. The Hall–Kier alpha value is -2.51. The van der Waals surface area contributed by atoms with Crippen molar-refractivity contribution in [1.29, 1.82) is 0 Å². The van der Waals surface area contributed by atoms with Crippen LogP contribution in [0, 0.1) is 6.92 Å². The van der Waals surface area contributed by atoms with E-state index in [4.69, 9.17) is 11.6 Å². The standard InChI is InChI=1S/C21H20ClF2N3O2/c1-12-2-3-14(16(22)8-12)13-9-15(20(28)29)19-17(10-13)25-18(26-19)11-27-6-4-21(23,24)5-7-27/h2-3,8-10H,4-7,11H2,1H3,(H,25,26)(H,28,29). The molecule has 0 atom stereocenters. The molecule has 0 unspecified atom stereocenters. The number of carboxylic acid groups (broad SMARTS) is 1. The Morgan fingerprint density at radius 2 is 2.00 bits per heavy atom. The predicted molar refractivity (Wildman–Crippen MR) is 108 cm³/mol. The van der Waals surface area contributed by atoms with E-state index in [-0.39, 0.29) is 31.5 Å². The summed E-state index contributed by atoms with van der Waals surface area (Å²) in [6, 6.07) is 8.98. The number of aromatic amines is 1. The number of nitrogens with one attached hydrogen (secondary N) is 1. The van der Waals surface area contributed by atoms with Crippen LogP contribution in [0.4, 0.5) is 8.78 Å². The molecular formula is C21H20ClF2N3O2. The minimum atomic E-state index is -2.61. The van der Waals surface area contributed by atoms with Crippen LogP contribution in [0.5, 0.6) is 0 Å². The highest BCUT2D eigenvalue weighted by Crippen LogP contribution is 2.33. The molecule has 2 heterocycles. The minimum Gasteiger partial charge on any atom is -0.478 e. The van der Waals surface area contributed by atoms with Crippen LogP contribution in [0.25, 0.3) is 22.2 Å². The molecule has 1 fully saturated rings. The van der Waals surface area contributed by atoms with Crippen molar-refractivity contribution in [3.05, 3.63) is 52.3 Å². The number of H-pyrrole nitrogens is 1. The summed E-state index contributed by atoms with van der Waals surface area (Å²) >= 11 is 6.36. The average molecular weight is 420 g/mol. The number of likely N-dealkylation sites (tertiary alicyclic amines) is 1. The third kappa shape index (κ3) is 4.11. The van der Waals surface area contributed by atoms with Gasteiger partial charge >= 0.3 is 5.97 Å². The molecule has 1 aromatic heterocycles. The van der Waals surface area contributed by atoms with Crippen LogP contribution < -0.4 is 0 Å². The zero-order valence-electron chi connectivity index (χ0n) is 15.8. The lowest BCUT2D eigenvalue weighted by molar-refractivity contribution is -0.0570. The molecule has 1 aliphatic heterocycles. The van der Waals surface area contributed by atoms with Gasteiger partial charge in [0.15, 0.2) is 0 Å². The van der Waals surface area contributed by atoms with Gasteiger partial charge < -0.3 is 10.1 Å². The quantitative estimate of drug-likeness (QED) is 0.615. The molecule has 2 aromatic carbocycles. The van der Waals surface area contributed by atoms with E-state index in [9.17, 15) is 18.7 Å². The lowest BCUT2D eigenvalue weighted by Crippen LogP contribution is -2.39. The van der Waals surface area contributed by atoms with Gasteiger partial charge in [0, 0.05) is 36.5 Å². The fourth-order valence-corrected chi connectivity index (χ4v) is 4.01. The molecule has 29 heavy (non-hydrogen) atoms. The number of aryl methyl sites for hydroxylation is 1. The maximum Gasteiger partial charge on any atom is 0.337 e. The Balaban J connectivity index is 1.70. The first-order valence-electron chi connectivity index (χ1n) is 9.34.